The Morgan fingerprint density at radius 3 is 2.06 bits per heavy atom. The highest BCUT2D eigenvalue weighted by atomic mass is 79.9. The first kappa shape index (κ1) is 16.2. The minimum Gasteiger partial charge on any atom is -0.0925 e. The van der Waals surface area contributed by atoms with E-state index in [1.54, 1.807) is 5.57 Å². The first-order valence-electron chi connectivity index (χ1n) is 7.02. The molecule has 0 unspecified atom stereocenters. The molecule has 0 atom stereocenters. The summed E-state index contributed by atoms with van der Waals surface area (Å²) in [6.07, 6.45) is 16.2. The Morgan fingerprint density at radius 1 is 0.938 bits per heavy atom. The molecule has 0 aliphatic rings. The molecule has 0 spiro atoms. The number of alkyl halides is 1. The van der Waals surface area contributed by atoms with Gasteiger partial charge < -0.3 is 0 Å². The van der Waals surface area contributed by atoms with Crippen molar-refractivity contribution >= 4 is 15.9 Å². The Bertz CT molecular complexity index is 161. The second-order valence-corrected chi connectivity index (χ2v) is 5.55. The fourth-order valence-corrected chi connectivity index (χ4v) is 2.17. The molecule has 0 aliphatic carbocycles. The lowest BCUT2D eigenvalue weighted by Crippen LogP contribution is -1.83. The molecule has 0 heterocycles. The first-order chi connectivity index (χ1) is 7.81. The van der Waals surface area contributed by atoms with Crippen LogP contribution < -0.4 is 0 Å². The van der Waals surface area contributed by atoms with E-state index in [9.17, 15) is 0 Å². The Labute approximate surface area is 111 Å². The van der Waals surface area contributed by atoms with Gasteiger partial charge in [-0.2, -0.15) is 0 Å². The van der Waals surface area contributed by atoms with Crippen molar-refractivity contribution in [3.05, 3.63) is 11.6 Å². The number of hydrogen-bond donors (Lipinski definition) is 0. The number of allylic oxidation sites excluding steroid dienone is 2. The Hall–Kier alpha value is 0.220. The molecule has 0 aliphatic heterocycles. The van der Waals surface area contributed by atoms with E-state index in [1.807, 2.05) is 0 Å². The molecule has 0 saturated carbocycles. The molecule has 16 heavy (non-hydrogen) atoms. The average molecular weight is 289 g/mol. The topological polar surface area (TPSA) is 0 Å². The number of halogens is 1. The van der Waals surface area contributed by atoms with Gasteiger partial charge in [0.25, 0.3) is 0 Å². The molecular formula is C15H29Br. The van der Waals surface area contributed by atoms with Crippen LogP contribution in [0.15, 0.2) is 11.6 Å². The number of unbranched alkanes of at least 4 members (excludes halogenated alkanes) is 7. The summed E-state index contributed by atoms with van der Waals surface area (Å²) >= 11 is 3.46. The molecule has 0 bridgehead atoms. The van der Waals surface area contributed by atoms with Crippen LogP contribution in [-0.2, 0) is 0 Å². The normalized spacial score (nSPS) is 12.1. The highest BCUT2D eigenvalue weighted by Crippen LogP contribution is 2.13. The monoisotopic (exact) mass is 288 g/mol. The fourth-order valence-electron chi connectivity index (χ4n) is 1.94. The third-order valence-electron chi connectivity index (χ3n) is 3.03. The molecule has 0 N–H and O–H groups in total. The lowest BCUT2D eigenvalue weighted by Gasteiger charge is -2.02. The molecule has 0 radical (unpaired) electrons. The van der Waals surface area contributed by atoms with Crippen molar-refractivity contribution in [2.24, 2.45) is 0 Å². The van der Waals surface area contributed by atoms with Crippen LogP contribution in [0.4, 0.5) is 0 Å². The summed E-state index contributed by atoms with van der Waals surface area (Å²) in [5.41, 5.74) is 1.57. The van der Waals surface area contributed by atoms with Crippen molar-refractivity contribution in [1.82, 2.24) is 0 Å². The maximum Gasteiger partial charge on any atom is 0.00660 e. The molecule has 0 rings (SSSR count). The van der Waals surface area contributed by atoms with E-state index < -0.39 is 0 Å². The third kappa shape index (κ3) is 12.3. The highest BCUT2D eigenvalue weighted by Gasteiger charge is 1.93. The largest absolute Gasteiger partial charge is 0.0925 e. The van der Waals surface area contributed by atoms with Crippen LogP contribution in [-0.4, -0.2) is 5.33 Å². The maximum absolute atomic E-state index is 3.46. The Kier molecular flexibility index (Phi) is 13.5. The van der Waals surface area contributed by atoms with Crippen molar-refractivity contribution in [1.29, 1.82) is 0 Å². The van der Waals surface area contributed by atoms with Crippen LogP contribution in [0, 0.1) is 0 Å². The minimum atomic E-state index is 1.10. The summed E-state index contributed by atoms with van der Waals surface area (Å²) < 4.78 is 0. The lowest BCUT2D eigenvalue weighted by atomic mass is 10.0. The molecule has 96 valence electrons. The molecule has 1 heteroatoms. The van der Waals surface area contributed by atoms with Crippen molar-refractivity contribution in [3.63, 3.8) is 0 Å². The molecule has 0 fully saturated rings. The van der Waals surface area contributed by atoms with Gasteiger partial charge in [-0.1, -0.05) is 79.4 Å². The van der Waals surface area contributed by atoms with E-state index in [2.05, 4.69) is 35.9 Å². The highest BCUT2D eigenvalue weighted by molar-refractivity contribution is 9.09. The van der Waals surface area contributed by atoms with E-state index in [-0.39, 0.29) is 0 Å². The minimum absolute atomic E-state index is 1.10. The van der Waals surface area contributed by atoms with Gasteiger partial charge in [0.1, 0.15) is 0 Å². The first-order valence-corrected chi connectivity index (χ1v) is 8.15. The summed E-state index contributed by atoms with van der Waals surface area (Å²) in [5.74, 6) is 0. The molecule has 0 amide bonds. The fraction of sp³-hybridized carbons (Fsp3) is 0.867. The maximum atomic E-state index is 3.46. The van der Waals surface area contributed by atoms with Gasteiger partial charge in [-0.15, -0.1) is 0 Å². The van der Waals surface area contributed by atoms with E-state index in [4.69, 9.17) is 0 Å². The summed E-state index contributed by atoms with van der Waals surface area (Å²) in [7, 11) is 0. The van der Waals surface area contributed by atoms with Crippen molar-refractivity contribution < 1.29 is 0 Å². The van der Waals surface area contributed by atoms with Gasteiger partial charge in [-0.25, -0.2) is 0 Å². The Balaban J connectivity index is 3.14. The number of hydrogen-bond acceptors (Lipinski definition) is 0. The SMILES string of the molecule is CCCCCCCCCCC(C)=CCCBr. The predicted molar refractivity (Wildman–Crippen MR) is 79.4 cm³/mol. The van der Waals surface area contributed by atoms with Gasteiger partial charge in [0.2, 0.25) is 0 Å². The van der Waals surface area contributed by atoms with Crippen molar-refractivity contribution in [3.8, 4) is 0 Å². The average Bonchev–Trinajstić information content (AvgIpc) is 2.30. The van der Waals surface area contributed by atoms with Crippen LogP contribution in [0.5, 0.6) is 0 Å². The van der Waals surface area contributed by atoms with Crippen LogP contribution in [0.1, 0.15) is 78.1 Å². The van der Waals surface area contributed by atoms with E-state index in [0.717, 1.165) is 5.33 Å². The lowest BCUT2D eigenvalue weighted by molar-refractivity contribution is 0.575. The third-order valence-corrected chi connectivity index (χ3v) is 3.48. The molecule has 0 aromatic rings. The molecule has 0 aromatic heterocycles. The van der Waals surface area contributed by atoms with Crippen LogP contribution in [0.25, 0.3) is 0 Å². The second kappa shape index (κ2) is 13.3. The quantitative estimate of drug-likeness (QED) is 0.239. The van der Waals surface area contributed by atoms with Gasteiger partial charge in [-0.3, -0.25) is 0 Å². The zero-order valence-electron chi connectivity index (χ0n) is 11.2. The molecular weight excluding hydrogens is 260 g/mol. The molecule has 0 saturated heterocycles. The van der Waals surface area contributed by atoms with Gasteiger partial charge in [0.05, 0.1) is 0 Å². The molecule has 0 nitrogen and oxygen atoms in total. The number of rotatable bonds is 11. The van der Waals surface area contributed by atoms with Crippen molar-refractivity contribution in [2.75, 3.05) is 5.33 Å². The van der Waals surface area contributed by atoms with Crippen LogP contribution >= 0.6 is 15.9 Å². The van der Waals surface area contributed by atoms with Crippen molar-refractivity contribution in [2.45, 2.75) is 78.1 Å². The van der Waals surface area contributed by atoms with Gasteiger partial charge in [-0.05, 0) is 26.2 Å². The zero-order chi connectivity index (χ0) is 12.1. The zero-order valence-corrected chi connectivity index (χ0v) is 12.8. The van der Waals surface area contributed by atoms with Gasteiger partial charge >= 0.3 is 0 Å². The summed E-state index contributed by atoms with van der Waals surface area (Å²) in [5, 5.41) is 1.10. The van der Waals surface area contributed by atoms with E-state index >= 15 is 0 Å². The standard InChI is InChI=1S/C15H29Br/c1-3-4-5-6-7-8-9-10-12-15(2)13-11-14-16/h13H,3-12,14H2,1-2H3. The van der Waals surface area contributed by atoms with E-state index in [0.29, 0.717) is 0 Å². The van der Waals surface area contributed by atoms with Crippen LogP contribution in [0.2, 0.25) is 0 Å². The Morgan fingerprint density at radius 2 is 1.50 bits per heavy atom. The van der Waals surface area contributed by atoms with E-state index in [1.165, 1.54) is 64.2 Å². The summed E-state index contributed by atoms with van der Waals surface area (Å²) in [6.45, 7) is 4.55. The van der Waals surface area contributed by atoms with Gasteiger partial charge in [0, 0.05) is 5.33 Å². The van der Waals surface area contributed by atoms with Crippen LogP contribution in [0.3, 0.4) is 0 Å². The van der Waals surface area contributed by atoms with Gasteiger partial charge in [0.15, 0.2) is 0 Å². The summed E-state index contributed by atoms with van der Waals surface area (Å²) in [4.78, 5) is 0. The smallest absolute Gasteiger partial charge is 0.00660 e. The molecule has 0 aromatic carbocycles. The second-order valence-electron chi connectivity index (χ2n) is 4.75. The summed E-state index contributed by atoms with van der Waals surface area (Å²) in [6, 6.07) is 0. The predicted octanol–water partition coefficient (Wildman–Crippen LogP) is 6.25.